The highest BCUT2D eigenvalue weighted by atomic mass is 16.3. The summed E-state index contributed by atoms with van der Waals surface area (Å²) in [7, 11) is 0. The number of aromatic nitrogens is 1. The van der Waals surface area contributed by atoms with Gasteiger partial charge in [-0.3, -0.25) is 14.7 Å². The highest BCUT2D eigenvalue weighted by Crippen LogP contribution is 2.34. The lowest BCUT2D eigenvalue weighted by atomic mass is 9.83. The van der Waals surface area contributed by atoms with Gasteiger partial charge in [0.2, 0.25) is 5.91 Å². The molecule has 23 heavy (non-hydrogen) atoms. The largest absolute Gasteiger partial charge is 0.392 e. The number of aliphatic hydroxyl groups is 1. The van der Waals surface area contributed by atoms with Crippen molar-refractivity contribution in [2.75, 3.05) is 13.1 Å². The molecule has 2 heterocycles. The minimum atomic E-state index is -0.287. The van der Waals surface area contributed by atoms with Crippen molar-refractivity contribution < 1.29 is 9.90 Å². The Hall–Kier alpha value is -1.46. The maximum absolute atomic E-state index is 12.2. The van der Waals surface area contributed by atoms with E-state index in [2.05, 4.69) is 15.2 Å². The number of hydrogen-bond acceptors (Lipinski definition) is 4. The molecule has 2 aliphatic rings. The van der Waals surface area contributed by atoms with Gasteiger partial charge < -0.3 is 10.4 Å². The molecule has 3 rings (SSSR count). The third kappa shape index (κ3) is 4.52. The molecule has 1 aliphatic carbocycles. The topological polar surface area (TPSA) is 65.5 Å². The van der Waals surface area contributed by atoms with Crippen LogP contribution in [0.5, 0.6) is 0 Å². The summed E-state index contributed by atoms with van der Waals surface area (Å²) in [4.78, 5) is 18.6. The van der Waals surface area contributed by atoms with Crippen molar-refractivity contribution in [3.63, 3.8) is 0 Å². The van der Waals surface area contributed by atoms with Crippen LogP contribution in [0.25, 0.3) is 0 Å². The predicted molar refractivity (Wildman–Crippen MR) is 88.6 cm³/mol. The molecule has 2 N–H and O–H groups in total. The number of hydrogen-bond donors (Lipinski definition) is 2. The normalized spacial score (nSPS) is 26.3. The molecule has 0 unspecified atom stereocenters. The molecule has 5 nitrogen and oxygen atoms in total. The molecule has 0 aromatic carbocycles. The maximum atomic E-state index is 12.2. The second kappa shape index (κ2) is 7.88. The number of aliphatic hydroxyl groups excluding tert-OH is 1. The van der Waals surface area contributed by atoms with Crippen molar-refractivity contribution in [1.29, 1.82) is 0 Å². The van der Waals surface area contributed by atoms with Gasteiger partial charge >= 0.3 is 0 Å². The zero-order chi connectivity index (χ0) is 16.1. The third-order valence-electron chi connectivity index (χ3n) is 5.16. The van der Waals surface area contributed by atoms with Gasteiger partial charge in [-0.2, -0.15) is 0 Å². The van der Waals surface area contributed by atoms with Gasteiger partial charge in [0.15, 0.2) is 0 Å². The van der Waals surface area contributed by atoms with E-state index in [0.29, 0.717) is 31.6 Å². The average molecular weight is 317 g/mol. The Morgan fingerprint density at radius 1 is 1.30 bits per heavy atom. The number of carbonyl (C=O) groups excluding carboxylic acids is 1. The highest BCUT2D eigenvalue weighted by Gasteiger charge is 2.37. The van der Waals surface area contributed by atoms with Crippen molar-refractivity contribution in [1.82, 2.24) is 15.2 Å². The molecule has 1 aromatic rings. The summed E-state index contributed by atoms with van der Waals surface area (Å²) >= 11 is 0. The summed E-state index contributed by atoms with van der Waals surface area (Å²) in [6.45, 7) is 1.47. The van der Waals surface area contributed by atoms with Crippen LogP contribution in [0.2, 0.25) is 0 Å². The lowest BCUT2D eigenvalue weighted by Crippen LogP contribution is -2.43. The molecule has 0 radical (unpaired) electrons. The second-order valence-electron chi connectivity index (χ2n) is 6.88. The number of β-amino-alcohol motifs (C(OH)–C–C–N with tert-alkyl or cyclic N) is 1. The maximum Gasteiger partial charge on any atom is 0.234 e. The first-order valence-corrected chi connectivity index (χ1v) is 8.81. The van der Waals surface area contributed by atoms with Gasteiger partial charge in [0, 0.05) is 18.8 Å². The Morgan fingerprint density at radius 3 is 2.87 bits per heavy atom. The molecule has 2 atom stereocenters. The molecule has 1 amide bonds. The van der Waals surface area contributed by atoms with E-state index in [0.717, 1.165) is 12.1 Å². The first-order valence-electron chi connectivity index (χ1n) is 8.81. The Balaban J connectivity index is 1.51. The smallest absolute Gasteiger partial charge is 0.234 e. The first-order chi connectivity index (χ1) is 11.2. The van der Waals surface area contributed by atoms with Crippen molar-refractivity contribution in [3.05, 3.63) is 30.1 Å². The summed E-state index contributed by atoms with van der Waals surface area (Å²) in [5.74, 6) is 0.662. The minimum absolute atomic E-state index is 0.0190. The average Bonchev–Trinajstić information content (AvgIpc) is 2.95. The standard InChI is InChI=1S/C18H27N3O2/c22-16-10-17(14-6-2-1-3-7-14)21(12-16)13-18(23)20-11-15-8-4-5-9-19-15/h4-5,8-9,14,16-17,22H,1-3,6-7,10-13H2,(H,20,23)/t16-,17+/m1/s1. The number of rotatable bonds is 5. The van der Waals surface area contributed by atoms with E-state index in [-0.39, 0.29) is 12.0 Å². The van der Waals surface area contributed by atoms with Gasteiger partial charge in [-0.05, 0) is 37.3 Å². The lowest BCUT2D eigenvalue weighted by Gasteiger charge is -2.33. The molecule has 126 valence electrons. The zero-order valence-corrected chi connectivity index (χ0v) is 13.7. The van der Waals surface area contributed by atoms with E-state index in [4.69, 9.17) is 0 Å². The molecule has 1 aromatic heterocycles. The van der Waals surface area contributed by atoms with Gasteiger partial charge in [-0.25, -0.2) is 0 Å². The Labute approximate surface area is 138 Å². The van der Waals surface area contributed by atoms with Crippen LogP contribution in [0.3, 0.4) is 0 Å². The monoisotopic (exact) mass is 317 g/mol. The Morgan fingerprint density at radius 2 is 2.13 bits per heavy atom. The molecule has 1 aliphatic heterocycles. The molecule has 0 spiro atoms. The van der Waals surface area contributed by atoms with Gasteiger partial charge in [-0.15, -0.1) is 0 Å². The molecule has 1 saturated heterocycles. The van der Waals surface area contributed by atoms with Crippen LogP contribution in [0.15, 0.2) is 24.4 Å². The Bertz CT molecular complexity index is 502. The molecule has 5 heteroatoms. The lowest BCUT2D eigenvalue weighted by molar-refractivity contribution is -0.123. The van der Waals surface area contributed by atoms with E-state index < -0.39 is 0 Å². The van der Waals surface area contributed by atoms with E-state index in [1.807, 2.05) is 18.2 Å². The molecule has 1 saturated carbocycles. The summed E-state index contributed by atoms with van der Waals surface area (Å²) in [5.41, 5.74) is 0.867. The quantitative estimate of drug-likeness (QED) is 0.868. The van der Waals surface area contributed by atoms with E-state index in [1.54, 1.807) is 6.20 Å². The van der Waals surface area contributed by atoms with Crippen LogP contribution in [-0.4, -0.2) is 46.1 Å². The third-order valence-corrected chi connectivity index (χ3v) is 5.16. The van der Waals surface area contributed by atoms with Crippen LogP contribution >= 0.6 is 0 Å². The van der Waals surface area contributed by atoms with Crippen molar-refractivity contribution in [2.24, 2.45) is 5.92 Å². The van der Waals surface area contributed by atoms with Crippen LogP contribution in [-0.2, 0) is 11.3 Å². The van der Waals surface area contributed by atoms with E-state index in [9.17, 15) is 9.90 Å². The zero-order valence-electron chi connectivity index (χ0n) is 13.7. The Kier molecular flexibility index (Phi) is 5.62. The van der Waals surface area contributed by atoms with Crippen molar-refractivity contribution in [2.45, 2.75) is 57.2 Å². The highest BCUT2D eigenvalue weighted by molar-refractivity contribution is 5.78. The molecular formula is C18H27N3O2. The summed E-state index contributed by atoms with van der Waals surface area (Å²) in [5, 5.41) is 13.0. The summed E-state index contributed by atoms with van der Waals surface area (Å²) < 4.78 is 0. The molecular weight excluding hydrogens is 290 g/mol. The predicted octanol–water partition coefficient (Wildman–Crippen LogP) is 1.71. The van der Waals surface area contributed by atoms with Crippen molar-refractivity contribution in [3.8, 4) is 0 Å². The minimum Gasteiger partial charge on any atom is -0.392 e. The van der Waals surface area contributed by atoms with Crippen LogP contribution in [0.4, 0.5) is 0 Å². The van der Waals surface area contributed by atoms with Gasteiger partial charge in [0.05, 0.1) is 24.9 Å². The number of nitrogens with zero attached hydrogens (tertiary/aromatic N) is 2. The van der Waals surface area contributed by atoms with E-state index >= 15 is 0 Å². The second-order valence-corrected chi connectivity index (χ2v) is 6.88. The SMILES string of the molecule is O=C(CN1C[C@H](O)C[C@H]1C1CCCCC1)NCc1ccccn1. The van der Waals surface area contributed by atoms with Crippen LogP contribution in [0, 0.1) is 5.92 Å². The molecule has 2 fully saturated rings. The number of likely N-dealkylation sites (tertiary alicyclic amines) is 1. The van der Waals surface area contributed by atoms with Crippen LogP contribution < -0.4 is 5.32 Å². The number of pyridine rings is 1. The van der Waals surface area contributed by atoms with Gasteiger partial charge in [0.1, 0.15) is 0 Å². The number of nitrogens with one attached hydrogen (secondary N) is 1. The molecule has 0 bridgehead atoms. The van der Waals surface area contributed by atoms with Gasteiger partial charge in [0.25, 0.3) is 0 Å². The summed E-state index contributed by atoms with van der Waals surface area (Å²) in [6, 6.07) is 6.06. The fraction of sp³-hybridized carbons (Fsp3) is 0.667. The number of carbonyl (C=O) groups is 1. The van der Waals surface area contributed by atoms with E-state index in [1.165, 1.54) is 32.1 Å². The summed E-state index contributed by atoms with van der Waals surface area (Å²) in [6.07, 6.45) is 8.65. The van der Waals surface area contributed by atoms with Crippen molar-refractivity contribution >= 4 is 5.91 Å². The fourth-order valence-electron chi connectivity index (χ4n) is 4.03. The number of amides is 1. The first kappa shape index (κ1) is 16.4. The van der Waals surface area contributed by atoms with Gasteiger partial charge in [-0.1, -0.05) is 25.3 Å². The fourth-order valence-corrected chi connectivity index (χ4v) is 4.03. The van der Waals surface area contributed by atoms with Crippen LogP contribution in [0.1, 0.15) is 44.2 Å².